The number of hydrogen-bond donors (Lipinski definition) is 1. The summed E-state index contributed by atoms with van der Waals surface area (Å²) in [5.74, 6) is 0.0559. The molecule has 142 valence electrons. The fraction of sp³-hybridized carbons (Fsp3) is 0.316. The van der Waals surface area contributed by atoms with E-state index >= 15 is 0 Å². The Hall–Kier alpha value is -2.38. The first-order valence-corrected chi connectivity index (χ1v) is 9.57. The van der Waals surface area contributed by atoms with E-state index in [1.807, 2.05) is 24.3 Å². The molecule has 1 aromatic heterocycles. The minimum absolute atomic E-state index is 0.292. The number of urea groups is 1. The zero-order valence-corrected chi connectivity index (χ0v) is 16.5. The zero-order valence-electron chi connectivity index (χ0n) is 15.0. The molecule has 27 heavy (non-hydrogen) atoms. The summed E-state index contributed by atoms with van der Waals surface area (Å²) in [4.78, 5) is 38.8. The lowest BCUT2D eigenvalue weighted by Crippen LogP contribution is -2.44. The molecule has 3 amide bonds. The third kappa shape index (κ3) is 4.14. The van der Waals surface area contributed by atoms with Gasteiger partial charge in [-0.3, -0.25) is 14.5 Å². The molecule has 1 aliphatic rings. The maximum atomic E-state index is 12.8. The van der Waals surface area contributed by atoms with E-state index in [0.717, 1.165) is 27.5 Å². The van der Waals surface area contributed by atoms with Crippen LogP contribution >= 0.6 is 22.9 Å². The summed E-state index contributed by atoms with van der Waals surface area (Å²) in [6.45, 7) is 1.39. The van der Waals surface area contributed by atoms with Crippen LogP contribution in [0.1, 0.15) is 28.6 Å². The Morgan fingerprint density at radius 2 is 1.93 bits per heavy atom. The molecule has 0 bridgehead atoms. The molecule has 2 aromatic rings. The predicted molar refractivity (Wildman–Crippen MR) is 104 cm³/mol. The minimum Gasteiger partial charge on any atom is -0.497 e. The molecule has 2 heterocycles. The Labute approximate surface area is 166 Å². The van der Waals surface area contributed by atoms with Crippen molar-refractivity contribution < 1.29 is 19.1 Å². The van der Waals surface area contributed by atoms with E-state index in [4.69, 9.17) is 16.3 Å². The first-order valence-electron chi connectivity index (χ1n) is 8.38. The average Bonchev–Trinajstić information content (AvgIpc) is 3.18. The molecule has 8 heteroatoms. The van der Waals surface area contributed by atoms with Gasteiger partial charge in [0.05, 0.1) is 22.9 Å². The van der Waals surface area contributed by atoms with Crippen LogP contribution in [-0.4, -0.2) is 41.8 Å². The SMILES string of the molecule is COc1ccc(CC[C@]2(C)NC(=O)N(CC(=O)c3ccc(Cl)s3)C2=O)cc1. The van der Waals surface area contributed by atoms with Crippen LogP contribution in [0.25, 0.3) is 0 Å². The molecule has 1 saturated heterocycles. The summed E-state index contributed by atoms with van der Waals surface area (Å²) < 4.78 is 5.62. The van der Waals surface area contributed by atoms with Gasteiger partial charge in [-0.2, -0.15) is 0 Å². The topological polar surface area (TPSA) is 75.7 Å². The number of carbonyl (C=O) groups is 3. The number of rotatable bonds is 7. The summed E-state index contributed by atoms with van der Waals surface area (Å²) in [5, 5.41) is 2.72. The molecule has 0 spiro atoms. The Morgan fingerprint density at radius 1 is 1.22 bits per heavy atom. The lowest BCUT2D eigenvalue weighted by molar-refractivity contribution is -0.130. The van der Waals surface area contributed by atoms with Crippen molar-refractivity contribution in [3.8, 4) is 5.75 Å². The van der Waals surface area contributed by atoms with Gasteiger partial charge in [-0.1, -0.05) is 23.7 Å². The van der Waals surface area contributed by atoms with E-state index in [2.05, 4.69) is 5.32 Å². The third-order valence-electron chi connectivity index (χ3n) is 4.57. The number of imide groups is 1. The smallest absolute Gasteiger partial charge is 0.325 e. The van der Waals surface area contributed by atoms with Crippen LogP contribution in [0, 0.1) is 0 Å². The van der Waals surface area contributed by atoms with E-state index in [1.54, 1.807) is 26.2 Å². The highest BCUT2D eigenvalue weighted by molar-refractivity contribution is 7.18. The van der Waals surface area contributed by atoms with Gasteiger partial charge in [-0.05, 0) is 49.6 Å². The van der Waals surface area contributed by atoms with Gasteiger partial charge >= 0.3 is 6.03 Å². The Morgan fingerprint density at radius 3 is 2.52 bits per heavy atom. The lowest BCUT2D eigenvalue weighted by atomic mass is 9.93. The highest BCUT2D eigenvalue weighted by Gasteiger charge is 2.47. The van der Waals surface area contributed by atoms with Gasteiger partial charge in [0.2, 0.25) is 0 Å². The van der Waals surface area contributed by atoms with Crippen molar-refractivity contribution >= 4 is 40.7 Å². The molecule has 1 N–H and O–H groups in total. The maximum absolute atomic E-state index is 12.8. The van der Waals surface area contributed by atoms with E-state index in [1.165, 1.54) is 0 Å². The van der Waals surface area contributed by atoms with Crippen molar-refractivity contribution in [1.82, 2.24) is 10.2 Å². The fourth-order valence-corrected chi connectivity index (χ4v) is 3.91. The quantitative estimate of drug-likeness (QED) is 0.563. The van der Waals surface area contributed by atoms with Crippen molar-refractivity contribution in [2.75, 3.05) is 13.7 Å². The van der Waals surface area contributed by atoms with Crippen LogP contribution in [-0.2, 0) is 11.2 Å². The Bertz CT molecular complexity index is 880. The highest BCUT2D eigenvalue weighted by Crippen LogP contribution is 2.26. The summed E-state index contributed by atoms with van der Waals surface area (Å²) in [6, 6.07) is 10.2. The molecule has 0 unspecified atom stereocenters. The van der Waals surface area contributed by atoms with Gasteiger partial charge < -0.3 is 10.1 Å². The third-order valence-corrected chi connectivity index (χ3v) is 5.84. The van der Waals surface area contributed by atoms with Gasteiger partial charge in [0.15, 0.2) is 5.78 Å². The predicted octanol–water partition coefficient (Wildman–Crippen LogP) is 3.54. The Kier molecular flexibility index (Phi) is 5.53. The number of thiophene rings is 1. The molecule has 1 aromatic carbocycles. The van der Waals surface area contributed by atoms with Crippen LogP contribution < -0.4 is 10.1 Å². The molecule has 1 atom stereocenters. The normalized spacial score (nSPS) is 19.3. The first kappa shape index (κ1) is 19.4. The number of halogens is 1. The second kappa shape index (κ2) is 7.70. The number of hydrogen-bond acceptors (Lipinski definition) is 5. The number of nitrogens with one attached hydrogen (secondary N) is 1. The summed E-state index contributed by atoms with van der Waals surface area (Å²) in [5.41, 5.74) is -0.00785. The number of methoxy groups -OCH3 is 1. The summed E-state index contributed by atoms with van der Waals surface area (Å²) in [7, 11) is 1.60. The van der Waals surface area contributed by atoms with Crippen molar-refractivity contribution in [2.24, 2.45) is 0 Å². The van der Waals surface area contributed by atoms with Gasteiger partial charge in [-0.15, -0.1) is 11.3 Å². The molecular weight excluding hydrogens is 388 g/mol. The van der Waals surface area contributed by atoms with E-state index in [-0.39, 0.29) is 12.3 Å². The summed E-state index contributed by atoms with van der Waals surface area (Å²) in [6.07, 6.45) is 1.04. The zero-order chi connectivity index (χ0) is 19.6. The van der Waals surface area contributed by atoms with Crippen molar-refractivity contribution in [3.05, 3.63) is 51.2 Å². The standard InChI is InChI=1S/C19H19ClN2O4S/c1-19(10-9-12-3-5-13(26-2)6-4-12)17(24)22(18(25)21-19)11-14(23)15-7-8-16(20)27-15/h3-8H,9-11H2,1-2H3,(H,21,25)/t19-/m0/s1. The van der Waals surface area contributed by atoms with Crippen LogP contribution in [0.3, 0.4) is 0 Å². The van der Waals surface area contributed by atoms with E-state index in [9.17, 15) is 14.4 Å². The number of benzene rings is 1. The summed E-state index contributed by atoms with van der Waals surface area (Å²) >= 11 is 6.97. The van der Waals surface area contributed by atoms with Crippen molar-refractivity contribution in [3.63, 3.8) is 0 Å². The molecule has 0 aliphatic carbocycles. The van der Waals surface area contributed by atoms with Crippen LogP contribution in [0.5, 0.6) is 5.75 Å². The second-order valence-electron chi connectivity index (χ2n) is 6.53. The van der Waals surface area contributed by atoms with Crippen molar-refractivity contribution in [2.45, 2.75) is 25.3 Å². The number of amides is 3. The monoisotopic (exact) mass is 406 g/mol. The van der Waals surface area contributed by atoms with Gasteiger partial charge in [0.25, 0.3) is 5.91 Å². The minimum atomic E-state index is -1.04. The average molecular weight is 407 g/mol. The maximum Gasteiger partial charge on any atom is 0.325 e. The molecule has 0 saturated carbocycles. The lowest BCUT2D eigenvalue weighted by Gasteiger charge is -2.21. The molecule has 3 rings (SSSR count). The molecule has 1 aliphatic heterocycles. The number of aryl methyl sites for hydroxylation is 1. The molecule has 0 radical (unpaired) electrons. The first-order chi connectivity index (χ1) is 12.8. The van der Waals surface area contributed by atoms with E-state index < -0.39 is 17.5 Å². The van der Waals surface area contributed by atoms with Gasteiger partial charge in [0.1, 0.15) is 11.3 Å². The number of ketones is 1. The fourth-order valence-electron chi connectivity index (χ4n) is 2.93. The van der Waals surface area contributed by atoms with Gasteiger partial charge in [-0.25, -0.2) is 4.79 Å². The van der Waals surface area contributed by atoms with E-state index in [0.29, 0.717) is 22.1 Å². The number of nitrogens with zero attached hydrogens (tertiary/aromatic N) is 1. The van der Waals surface area contributed by atoms with Gasteiger partial charge in [0, 0.05) is 0 Å². The number of carbonyl (C=O) groups excluding carboxylic acids is 3. The Balaban J connectivity index is 1.65. The highest BCUT2D eigenvalue weighted by atomic mass is 35.5. The molecule has 6 nitrogen and oxygen atoms in total. The largest absolute Gasteiger partial charge is 0.497 e. The van der Waals surface area contributed by atoms with Crippen molar-refractivity contribution in [1.29, 1.82) is 0 Å². The molecule has 1 fully saturated rings. The van der Waals surface area contributed by atoms with Crippen LogP contribution in [0.4, 0.5) is 4.79 Å². The molecular formula is C19H19ClN2O4S. The number of Topliss-reactive ketones (excluding diaryl/α,β-unsaturated/α-hetero) is 1. The van der Waals surface area contributed by atoms with Crippen LogP contribution in [0.15, 0.2) is 36.4 Å². The second-order valence-corrected chi connectivity index (χ2v) is 8.24. The number of ether oxygens (including phenoxy) is 1. The van der Waals surface area contributed by atoms with Crippen LogP contribution in [0.2, 0.25) is 4.34 Å².